The minimum Gasteiger partial charge on any atom is -0.377 e. The fourth-order valence-corrected chi connectivity index (χ4v) is 1.54. The van der Waals surface area contributed by atoms with E-state index in [4.69, 9.17) is 4.74 Å². The number of nitrogens with one attached hydrogen (secondary N) is 1. The van der Waals surface area contributed by atoms with Gasteiger partial charge in [-0.05, 0) is 12.0 Å². The lowest BCUT2D eigenvalue weighted by Gasteiger charge is -2.04. The van der Waals surface area contributed by atoms with Crippen molar-refractivity contribution in [2.24, 2.45) is 0 Å². The lowest BCUT2D eigenvalue weighted by Crippen LogP contribution is -2.22. The largest absolute Gasteiger partial charge is 0.377 e. The van der Waals surface area contributed by atoms with Crippen molar-refractivity contribution in [2.45, 2.75) is 19.4 Å². The molecule has 0 heterocycles. The van der Waals surface area contributed by atoms with Gasteiger partial charge in [0.1, 0.15) is 5.78 Å². The molecule has 0 fully saturated rings. The van der Waals surface area contributed by atoms with Gasteiger partial charge in [-0.3, -0.25) is 4.79 Å². The summed E-state index contributed by atoms with van der Waals surface area (Å²) in [4.78, 5) is 11.4. The Balaban J connectivity index is 1.98. The van der Waals surface area contributed by atoms with Gasteiger partial charge in [0, 0.05) is 19.6 Å². The monoisotopic (exact) mass is 247 g/mol. The minimum absolute atomic E-state index is 0.222. The van der Waals surface area contributed by atoms with Gasteiger partial charge in [-0.2, -0.15) is 0 Å². The number of hydrogen-bond acceptors (Lipinski definition) is 3. The number of ether oxygens (including phenoxy) is 1. The maximum absolute atomic E-state index is 11.4. The predicted octanol–water partition coefficient (Wildman–Crippen LogP) is 2.33. The van der Waals surface area contributed by atoms with Crippen LogP contribution in [-0.2, 0) is 16.1 Å². The molecule has 18 heavy (non-hydrogen) atoms. The summed E-state index contributed by atoms with van der Waals surface area (Å²) in [6.45, 7) is 5.92. The van der Waals surface area contributed by atoms with Crippen LogP contribution in [0.3, 0.4) is 0 Å². The van der Waals surface area contributed by atoms with Crippen molar-refractivity contribution in [3.63, 3.8) is 0 Å². The van der Waals surface area contributed by atoms with E-state index in [0.29, 0.717) is 32.7 Å². The molecule has 0 aliphatic rings. The topological polar surface area (TPSA) is 38.3 Å². The van der Waals surface area contributed by atoms with Crippen LogP contribution in [0.2, 0.25) is 0 Å². The molecule has 0 radical (unpaired) electrons. The molecule has 3 heteroatoms. The summed E-state index contributed by atoms with van der Waals surface area (Å²) in [5.74, 6) is 0.222. The molecule has 0 spiro atoms. The standard InChI is InChI=1S/C15H21NO2/c1-2-10-16-12-15(17)9-6-11-18-13-14-7-4-3-5-8-14/h2-5,7-8,16H,1,6,9-13H2. The van der Waals surface area contributed by atoms with Crippen LogP contribution in [0.25, 0.3) is 0 Å². The number of carbonyl (C=O) groups is 1. The number of carbonyl (C=O) groups excluding carboxylic acids is 1. The molecule has 0 amide bonds. The SMILES string of the molecule is C=CCNCC(=O)CCCOCc1ccccc1. The third kappa shape index (κ3) is 6.99. The maximum Gasteiger partial charge on any atom is 0.146 e. The quantitative estimate of drug-likeness (QED) is 0.509. The maximum atomic E-state index is 11.4. The van der Waals surface area contributed by atoms with E-state index in [9.17, 15) is 4.79 Å². The first-order chi connectivity index (χ1) is 8.83. The Morgan fingerprint density at radius 3 is 2.83 bits per heavy atom. The van der Waals surface area contributed by atoms with E-state index in [1.807, 2.05) is 30.3 Å². The summed E-state index contributed by atoms with van der Waals surface area (Å²) < 4.78 is 5.51. The van der Waals surface area contributed by atoms with Crippen LogP contribution < -0.4 is 5.32 Å². The number of ketones is 1. The molecule has 98 valence electrons. The zero-order chi connectivity index (χ0) is 13.1. The van der Waals surface area contributed by atoms with Gasteiger partial charge in [0.15, 0.2) is 0 Å². The second-order valence-corrected chi connectivity index (χ2v) is 4.10. The van der Waals surface area contributed by atoms with Crippen molar-refractivity contribution >= 4 is 5.78 Å². The van der Waals surface area contributed by atoms with Gasteiger partial charge in [0.25, 0.3) is 0 Å². The normalized spacial score (nSPS) is 10.2. The number of hydrogen-bond donors (Lipinski definition) is 1. The van der Waals surface area contributed by atoms with Crippen LogP contribution in [-0.4, -0.2) is 25.5 Å². The Hall–Kier alpha value is -1.45. The highest BCUT2D eigenvalue weighted by Crippen LogP contribution is 2.01. The van der Waals surface area contributed by atoms with Crippen molar-refractivity contribution in [2.75, 3.05) is 19.7 Å². The van der Waals surface area contributed by atoms with Gasteiger partial charge in [-0.25, -0.2) is 0 Å². The second-order valence-electron chi connectivity index (χ2n) is 4.10. The molecule has 1 rings (SSSR count). The lowest BCUT2D eigenvalue weighted by molar-refractivity contribution is -0.118. The summed E-state index contributed by atoms with van der Waals surface area (Å²) in [5.41, 5.74) is 1.16. The first kappa shape index (κ1) is 14.6. The van der Waals surface area contributed by atoms with E-state index in [1.165, 1.54) is 0 Å². The third-order valence-electron chi connectivity index (χ3n) is 2.47. The average Bonchev–Trinajstić information content (AvgIpc) is 2.40. The molecule has 0 aromatic heterocycles. The van der Waals surface area contributed by atoms with E-state index in [0.717, 1.165) is 12.0 Å². The number of benzene rings is 1. The molecule has 3 nitrogen and oxygen atoms in total. The van der Waals surface area contributed by atoms with Gasteiger partial charge < -0.3 is 10.1 Å². The Bertz CT molecular complexity index is 349. The number of Topliss-reactive ketones (excluding diaryl/α,β-unsaturated/α-hetero) is 1. The van der Waals surface area contributed by atoms with Crippen molar-refractivity contribution in [3.8, 4) is 0 Å². The molecular formula is C15H21NO2. The Morgan fingerprint density at radius 2 is 2.11 bits per heavy atom. The summed E-state index contributed by atoms with van der Waals surface area (Å²) in [6, 6.07) is 10.0. The van der Waals surface area contributed by atoms with Crippen LogP contribution >= 0.6 is 0 Å². The smallest absolute Gasteiger partial charge is 0.146 e. The highest BCUT2D eigenvalue weighted by molar-refractivity contribution is 5.80. The summed E-state index contributed by atoms with van der Waals surface area (Å²) in [5, 5.41) is 2.99. The van der Waals surface area contributed by atoms with E-state index < -0.39 is 0 Å². The molecule has 0 atom stereocenters. The Kier molecular flexibility index (Phi) is 7.77. The van der Waals surface area contributed by atoms with E-state index >= 15 is 0 Å². The highest BCUT2D eigenvalue weighted by atomic mass is 16.5. The second kappa shape index (κ2) is 9.57. The van der Waals surface area contributed by atoms with Gasteiger partial charge >= 0.3 is 0 Å². The summed E-state index contributed by atoms with van der Waals surface area (Å²) >= 11 is 0. The average molecular weight is 247 g/mol. The zero-order valence-electron chi connectivity index (χ0n) is 10.7. The molecule has 0 saturated carbocycles. The Morgan fingerprint density at radius 1 is 1.33 bits per heavy atom. The third-order valence-corrected chi connectivity index (χ3v) is 2.47. The molecule has 1 N–H and O–H groups in total. The molecule has 0 bridgehead atoms. The van der Waals surface area contributed by atoms with Crippen LogP contribution in [0.5, 0.6) is 0 Å². The van der Waals surface area contributed by atoms with Crippen LogP contribution in [0.15, 0.2) is 43.0 Å². The van der Waals surface area contributed by atoms with Gasteiger partial charge in [0.05, 0.1) is 13.2 Å². The molecule has 0 aliphatic heterocycles. The van der Waals surface area contributed by atoms with Gasteiger partial charge in [-0.1, -0.05) is 36.4 Å². The van der Waals surface area contributed by atoms with Crippen molar-refractivity contribution < 1.29 is 9.53 Å². The predicted molar refractivity (Wildman–Crippen MR) is 73.4 cm³/mol. The molecular weight excluding hydrogens is 226 g/mol. The summed E-state index contributed by atoms with van der Waals surface area (Å²) in [7, 11) is 0. The highest BCUT2D eigenvalue weighted by Gasteiger charge is 2.00. The molecule has 0 aliphatic carbocycles. The molecule has 1 aromatic carbocycles. The van der Waals surface area contributed by atoms with E-state index in [-0.39, 0.29) is 5.78 Å². The van der Waals surface area contributed by atoms with E-state index in [2.05, 4.69) is 11.9 Å². The lowest BCUT2D eigenvalue weighted by atomic mass is 10.2. The van der Waals surface area contributed by atoms with Crippen LogP contribution in [0.1, 0.15) is 18.4 Å². The zero-order valence-corrected chi connectivity index (χ0v) is 10.7. The fourth-order valence-electron chi connectivity index (χ4n) is 1.54. The van der Waals surface area contributed by atoms with Crippen molar-refractivity contribution in [1.29, 1.82) is 0 Å². The molecule has 0 unspecified atom stereocenters. The summed E-state index contributed by atoms with van der Waals surface area (Å²) in [6.07, 6.45) is 3.09. The van der Waals surface area contributed by atoms with Crippen LogP contribution in [0.4, 0.5) is 0 Å². The Labute approximate surface area is 109 Å². The van der Waals surface area contributed by atoms with Gasteiger partial charge in [0.2, 0.25) is 0 Å². The first-order valence-corrected chi connectivity index (χ1v) is 6.28. The van der Waals surface area contributed by atoms with Crippen LogP contribution in [0, 0.1) is 0 Å². The van der Waals surface area contributed by atoms with E-state index in [1.54, 1.807) is 6.08 Å². The van der Waals surface area contributed by atoms with Crippen molar-refractivity contribution in [1.82, 2.24) is 5.32 Å². The minimum atomic E-state index is 0.222. The number of rotatable bonds is 10. The van der Waals surface area contributed by atoms with Gasteiger partial charge in [-0.15, -0.1) is 6.58 Å². The van der Waals surface area contributed by atoms with Crippen molar-refractivity contribution in [3.05, 3.63) is 48.6 Å². The fraction of sp³-hybridized carbons (Fsp3) is 0.400. The molecule has 1 aromatic rings. The molecule has 0 saturated heterocycles. The first-order valence-electron chi connectivity index (χ1n) is 6.28.